The lowest BCUT2D eigenvalue weighted by Gasteiger charge is -2.06. The van der Waals surface area contributed by atoms with Crippen LogP contribution in [0.25, 0.3) is 6.08 Å². The van der Waals surface area contributed by atoms with Crippen molar-refractivity contribution in [2.24, 2.45) is 0 Å². The van der Waals surface area contributed by atoms with E-state index < -0.39 is 11.9 Å². The number of rotatable bonds is 7. The molecule has 0 heterocycles. The molecule has 0 radical (unpaired) electrons. The van der Waals surface area contributed by atoms with Crippen LogP contribution in [0.5, 0.6) is 5.75 Å². The molecule has 0 fully saturated rings. The lowest BCUT2D eigenvalue weighted by molar-refractivity contribution is -0.111. The molecule has 0 saturated carbocycles. The Morgan fingerprint density at radius 3 is 2.50 bits per heavy atom. The smallest absolute Gasteiger partial charge is 0.337 e. The summed E-state index contributed by atoms with van der Waals surface area (Å²) in [6.45, 7) is 0.167. The van der Waals surface area contributed by atoms with Crippen LogP contribution in [0.1, 0.15) is 15.9 Å². The first kappa shape index (κ1) is 17.2. The third-order valence-electron chi connectivity index (χ3n) is 3.07. The van der Waals surface area contributed by atoms with Crippen LogP contribution in [0.4, 0.5) is 5.69 Å². The Morgan fingerprint density at radius 1 is 1.12 bits per heavy atom. The number of nitrogens with one attached hydrogen (secondary N) is 1. The van der Waals surface area contributed by atoms with Crippen LogP contribution in [-0.4, -0.2) is 30.9 Å². The number of carboxylic acids is 1. The fourth-order valence-corrected chi connectivity index (χ4v) is 1.93. The number of methoxy groups -OCH3 is 1. The molecule has 1 amide bonds. The van der Waals surface area contributed by atoms with E-state index in [4.69, 9.17) is 14.6 Å². The molecule has 0 aromatic heterocycles. The maximum atomic E-state index is 11.9. The molecule has 0 atom stereocenters. The Balaban J connectivity index is 1.99. The Morgan fingerprint density at radius 2 is 1.83 bits per heavy atom. The van der Waals surface area contributed by atoms with Crippen molar-refractivity contribution in [1.82, 2.24) is 0 Å². The Kier molecular flexibility index (Phi) is 6.10. The summed E-state index contributed by atoms with van der Waals surface area (Å²) in [6, 6.07) is 13.3. The van der Waals surface area contributed by atoms with Crippen LogP contribution < -0.4 is 10.1 Å². The fourth-order valence-electron chi connectivity index (χ4n) is 1.93. The molecule has 2 aromatic carbocycles. The first-order valence-electron chi connectivity index (χ1n) is 7.13. The van der Waals surface area contributed by atoms with Gasteiger partial charge in [-0.15, -0.1) is 0 Å². The van der Waals surface area contributed by atoms with E-state index in [9.17, 15) is 9.59 Å². The van der Waals surface area contributed by atoms with E-state index in [0.29, 0.717) is 5.75 Å². The number of benzene rings is 2. The highest BCUT2D eigenvalue weighted by Gasteiger charge is 2.10. The van der Waals surface area contributed by atoms with Crippen molar-refractivity contribution in [3.8, 4) is 5.75 Å². The number of anilines is 1. The zero-order chi connectivity index (χ0) is 17.4. The van der Waals surface area contributed by atoms with Gasteiger partial charge >= 0.3 is 5.97 Å². The topological polar surface area (TPSA) is 84.9 Å². The molecule has 0 spiro atoms. The monoisotopic (exact) mass is 327 g/mol. The van der Waals surface area contributed by atoms with E-state index >= 15 is 0 Å². The van der Waals surface area contributed by atoms with Crippen LogP contribution in [0.3, 0.4) is 0 Å². The average Bonchev–Trinajstić information content (AvgIpc) is 2.59. The minimum atomic E-state index is -1.10. The van der Waals surface area contributed by atoms with Gasteiger partial charge in [-0.05, 0) is 35.9 Å². The molecule has 0 unspecified atom stereocenters. The third-order valence-corrected chi connectivity index (χ3v) is 3.07. The molecule has 0 aliphatic heterocycles. The van der Waals surface area contributed by atoms with Crippen molar-refractivity contribution in [3.05, 3.63) is 65.7 Å². The van der Waals surface area contributed by atoms with Gasteiger partial charge in [0.1, 0.15) is 5.75 Å². The molecule has 6 nitrogen and oxygen atoms in total. The quantitative estimate of drug-likeness (QED) is 0.603. The molecule has 2 aromatic rings. The summed E-state index contributed by atoms with van der Waals surface area (Å²) in [4.78, 5) is 23.0. The lowest BCUT2D eigenvalue weighted by Crippen LogP contribution is -2.11. The van der Waals surface area contributed by atoms with Crippen LogP contribution in [0.2, 0.25) is 0 Å². The number of hydrogen-bond acceptors (Lipinski definition) is 4. The number of ether oxygens (including phenoxy) is 2. The molecular formula is C18H17NO5. The number of aromatic carboxylic acids is 1. The Bertz CT molecular complexity index is 737. The van der Waals surface area contributed by atoms with Crippen LogP contribution >= 0.6 is 0 Å². The van der Waals surface area contributed by atoms with Gasteiger partial charge < -0.3 is 19.9 Å². The van der Waals surface area contributed by atoms with Gasteiger partial charge in [0.2, 0.25) is 5.91 Å². The third kappa shape index (κ3) is 4.96. The average molecular weight is 327 g/mol. The van der Waals surface area contributed by atoms with Crippen LogP contribution in [0.15, 0.2) is 54.6 Å². The molecule has 124 valence electrons. The van der Waals surface area contributed by atoms with E-state index in [1.165, 1.54) is 25.3 Å². The van der Waals surface area contributed by atoms with Crippen molar-refractivity contribution < 1.29 is 24.2 Å². The summed E-state index contributed by atoms with van der Waals surface area (Å²) >= 11 is 0. The zero-order valence-electron chi connectivity index (χ0n) is 13.1. The van der Waals surface area contributed by atoms with Gasteiger partial charge in [0.05, 0.1) is 11.3 Å². The van der Waals surface area contributed by atoms with Crippen molar-refractivity contribution >= 4 is 23.6 Å². The lowest BCUT2D eigenvalue weighted by atomic mass is 10.1. The van der Waals surface area contributed by atoms with E-state index in [1.807, 2.05) is 0 Å². The van der Waals surface area contributed by atoms with Crippen molar-refractivity contribution in [2.75, 3.05) is 19.2 Å². The normalized spacial score (nSPS) is 10.5. The van der Waals surface area contributed by atoms with Crippen molar-refractivity contribution in [2.45, 2.75) is 0 Å². The Labute approximate surface area is 139 Å². The predicted molar refractivity (Wildman–Crippen MR) is 90.0 cm³/mol. The zero-order valence-corrected chi connectivity index (χ0v) is 13.1. The highest BCUT2D eigenvalue weighted by Crippen LogP contribution is 2.16. The molecule has 24 heavy (non-hydrogen) atoms. The Hall–Kier alpha value is -3.12. The van der Waals surface area contributed by atoms with Gasteiger partial charge in [-0.2, -0.15) is 0 Å². The molecule has 0 aliphatic carbocycles. The highest BCUT2D eigenvalue weighted by atomic mass is 16.7. The molecule has 0 saturated heterocycles. The van der Waals surface area contributed by atoms with Gasteiger partial charge in [0.15, 0.2) is 6.79 Å². The van der Waals surface area contributed by atoms with Crippen LogP contribution in [-0.2, 0) is 9.53 Å². The van der Waals surface area contributed by atoms with Crippen molar-refractivity contribution in [1.29, 1.82) is 0 Å². The SMILES string of the molecule is COCOc1ccc(/C=C/C(=O)Nc2ccccc2C(=O)O)cc1. The van der Waals surface area contributed by atoms with E-state index in [-0.39, 0.29) is 18.0 Å². The minimum Gasteiger partial charge on any atom is -0.478 e. The maximum Gasteiger partial charge on any atom is 0.337 e. The largest absolute Gasteiger partial charge is 0.478 e. The first-order chi connectivity index (χ1) is 11.6. The molecule has 0 aliphatic rings. The van der Waals surface area contributed by atoms with E-state index in [0.717, 1.165) is 5.56 Å². The highest BCUT2D eigenvalue weighted by molar-refractivity contribution is 6.06. The summed E-state index contributed by atoms with van der Waals surface area (Å²) in [5.41, 5.74) is 1.10. The summed E-state index contributed by atoms with van der Waals surface area (Å²) < 4.78 is 10.1. The van der Waals surface area contributed by atoms with Crippen molar-refractivity contribution in [3.63, 3.8) is 0 Å². The maximum absolute atomic E-state index is 11.9. The van der Waals surface area contributed by atoms with Gasteiger partial charge in [-0.1, -0.05) is 24.3 Å². The summed E-state index contributed by atoms with van der Waals surface area (Å²) in [6.07, 6.45) is 2.96. The number of carbonyl (C=O) groups excluding carboxylic acids is 1. The summed E-state index contributed by atoms with van der Waals surface area (Å²) in [7, 11) is 1.54. The van der Waals surface area contributed by atoms with E-state index in [1.54, 1.807) is 42.5 Å². The standard InChI is InChI=1S/C18H17NO5/c1-23-12-24-14-9-6-13(7-10-14)8-11-17(20)19-16-5-3-2-4-15(16)18(21)22/h2-11H,12H2,1H3,(H,19,20)(H,21,22)/b11-8+. The number of hydrogen-bond donors (Lipinski definition) is 2. The van der Waals surface area contributed by atoms with E-state index in [2.05, 4.69) is 5.32 Å². The fraction of sp³-hybridized carbons (Fsp3) is 0.111. The number of amides is 1. The first-order valence-corrected chi connectivity index (χ1v) is 7.13. The van der Waals surface area contributed by atoms with Gasteiger partial charge in [0, 0.05) is 13.2 Å². The molecule has 2 N–H and O–H groups in total. The van der Waals surface area contributed by atoms with Gasteiger partial charge in [-0.25, -0.2) is 4.79 Å². The number of carboxylic acid groups (broad SMARTS) is 1. The second-order valence-corrected chi connectivity index (χ2v) is 4.79. The second-order valence-electron chi connectivity index (χ2n) is 4.79. The molecular weight excluding hydrogens is 310 g/mol. The number of carbonyl (C=O) groups is 2. The van der Waals surface area contributed by atoms with Gasteiger partial charge in [-0.3, -0.25) is 4.79 Å². The molecule has 2 rings (SSSR count). The van der Waals surface area contributed by atoms with Crippen LogP contribution in [0, 0.1) is 0 Å². The number of para-hydroxylation sites is 1. The summed E-state index contributed by atoms with van der Waals surface area (Å²) in [5.74, 6) is -0.848. The molecule has 0 bridgehead atoms. The van der Waals surface area contributed by atoms with Gasteiger partial charge in [0.25, 0.3) is 0 Å². The second kappa shape index (κ2) is 8.50. The predicted octanol–water partition coefficient (Wildman–Crippen LogP) is 3.02. The molecule has 6 heteroatoms. The minimum absolute atomic E-state index is 0.0406. The summed E-state index contributed by atoms with van der Waals surface area (Å²) in [5, 5.41) is 11.6.